The Hall–Kier alpha value is -0.650. The number of hydrogen-bond donors (Lipinski definition) is 1. The SMILES string of the molecule is [2H][C@H]1NC2(CCOc3c2ccc(Br)c3F)CO1. The van der Waals surface area contributed by atoms with E-state index >= 15 is 0 Å². The second kappa shape index (κ2) is 3.68. The molecule has 86 valence electrons. The molecule has 0 aliphatic carbocycles. The third kappa shape index (κ3) is 1.38. The van der Waals surface area contributed by atoms with Crippen molar-refractivity contribution < 1.29 is 15.2 Å². The Morgan fingerprint density at radius 2 is 2.44 bits per heavy atom. The lowest BCUT2D eigenvalue weighted by atomic mass is 9.86. The highest BCUT2D eigenvalue weighted by Gasteiger charge is 2.42. The van der Waals surface area contributed by atoms with Gasteiger partial charge in [0.15, 0.2) is 11.6 Å². The van der Waals surface area contributed by atoms with E-state index < -0.39 is 18.1 Å². The molecule has 2 heterocycles. The Balaban J connectivity index is 2.12. The molecule has 1 fully saturated rings. The van der Waals surface area contributed by atoms with Gasteiger partial charge in [0.2, 0.25) is 0 Å². The Morgan fingerprint density at radius 3 is 3.19 bits per heavy atom. The monoisotopic (exact) mass is 288 g/mol. The van der Waals surface area contributed by atoms with Crippen LogP contribution in [0.3, 0.4) is 0 Å². The van der Waals surface area contributed by atoms with Crippen LogP contribution in [-0.4, -0.2) is 19.9 Å². The molecule has 2 aliphatic rings. The highest BCUT2D eigenvalue weighted by Crippen LogP contribution is 2.42. The molecule has 1 spiro atoms. The maximum atomic E-state index is 13.9. The topological polar surface area (TPSA) is 30.5 Å². The first-order valence-electron chi connectivity index (χ1n) is 5.63. The molecule has 1 aromatic rings. The first-order chi connectivity index (χ1) is 8.12. The van der Waals surface area contributed by atoms with Gasteiger partial charge in [0.25, 0.3) is 0 Å². The zero-order valence-electron chi connectivity index (χ0n) is 9.43. The number of ether oxygens (including phenoxy) is 2. The molecule has 0 amide bonds. The normalized spacial score (nSPS) is 33.4. The number of fused-ring (bicyclic) bond motifs is 2. The molecular formula is C11H11BrFNO2. The minimum Gasteiger partial charge on any atom is -0.490 e. The molecule has 1 unspecified atom stereocenters. The van der Waals surface area contributed by atoms with Crippen molar-refractivity contribution >= 4 is 15.9 Å². The van der Waals surface area contributed by atoms with E-state index in [1.807, 2.05) is 6.07 Å². The van der Waals surface area contributed by atoms with Crippen LogP contribution in [-0.2, 0) is 10.3 Å². The van der Waals surface area contributed by atoms with Gasteiger partial charge < -0.3 is 9.47 Å². The number of rotatable bonds is 0. The molecule has 0 saturated carbocycles. The number of nitrogens with one attached hydrogen (secondary N) is 1. The Kier molecular flexibility index (Phi) is 2.16. The molecule has 0 radical (unpaired) electrons. The van der Waals surface area contributed by atoms with E-state index in [2.05, 4.69) is 21.2 Å². The number of benzene rings is 1. The van der Waals surface area contributed by atoms with Gasteiger partial charge in [-0.05, 0) is 22.0 Å². The fourth-order valence-corrected chi connectivity index (χ4v) is 2.50. The van der Waals surface area contributed by atoms with Crippen molar-refractivity contribution in [3.05, 3.63) is 28.0 Å². The van der Waals surface area contributed by atoms with Gasteiger partial charge in [-0.3, -0.25) is 5.32 Å². The van der Waals surface area contributed by atoms with Crippen LogP contribution in [0.15, 0.2) is 16.6 Å². The average Bonchev–Trinajstić information content (AvgIpc) is 2.67. The highest BCUT2D eigenvalue weighted by atomic mass is 79.9. The van der Waals surface area contributed by atoms with E-state index in [0.717, 1.165) is 5.56 Å². The summed E-state index contributed by atoms with van der Waals surface area (Å²) in [6.45, 7) is 0.0369. The van der Waals surface area contributed by atoms with Crippen LogP contribution in [0.5, 0.6) is 5.75 Å². The van der Waals surface area contributed by atoms with E-state index in [4.69, 9.17) is 10.8 Å². The first kappa shape index (κ1) is 9.39. The summed E-state index contributed by atoms with van der Waals surface area (Å²) < 4.78 is 32.5. The molecule has 0 bridgehead atoms. The fraction of sp³-hybridized carbons (Fsp3) is 0.455. The standard InChI is InChI=1S/C11H11BrFNO2/c12-8-2-1-7-10(9(8)13)16-4-3-11(7)5-15-6-14-11/h1-2,14H,3-6H2/i6D/t6-,11?/m0/s1. The quantitative estimate of drug-likeness (QED) is 0.794. The lowest BCUT2D eigenvalue weighted by molar-refractivity contribution is 0.149. The van der Waals surface area contributed by atoms with Crippen molar-refractivity contribution in [2.45, 2.75) is 12.0 Å². The summed E-state index contributed by atoms with van der Waals surface area (Å²) in [5, 5.41) is 3.05. The van der Waals surface area contributed by atoms with Gasteiger partial charge in [-0.2, -0.15) is 0 Å². The van der Waals surface area contributed by atoms with Gasteiger partial charge in [-0.15, -0.1) is 0 Å². The zero-order chi connectivity index (χ0) is 12.0. The van der Waals surface area contributed by atoms with E-state index in [1.165, 1.54) is 0 Å². The molecule has 5 heteroatoms. The van der Waals surface area contributed by atoms with E-state index in [0.29, 0.717) is 24.1 Å². The molecule has 2 atom stereocenters. The van der Waals surface area contributed by atoms with Crippen molar-refractivity contribution in [2.24, 2.45) is 0 Å². The highest BCUT2D eigenvalue weighted by molar-refractivity contribution is 9.10. The van der Waals surface area contributed by atoms with Gasteiger partial charge in [-0.25, -0.2) is 4.39 Å². The minimum absolute atomic E-state index is 0.260. The third-order valence-corrected chi connectivity index (χ3v) is 3.70. The second-order valence-electron chi connectivity index (χ2n) is 3.99. The van der Waals surface area contributed by atoms with Crippen LogP contribution in [0.2, 0.25) is 0 Å². The number of hydrogen-bond acceptors (Lipinski definition) is 3. The summed E-state index contributed by atoms with van der Waals surface area (Å²) in [4.78, 5) is 0. The maximum absolute atomic E-state index is 13.9. The van der Waals surface area contributed by atoms with Crippen molar-refractivity contribution in [2.75, 3.05) is 19.9 Å². The molecule has 3 rings (SSSR count). The molecule has 3 nitrogen and oxygen atoms in total. The smallest absolute Gasteiger partial charge is 0.179 e. The largest absolute Gasteiger partial charge is 0.490 e. The predicted octanol–water partition coefficient (Wildman–Crippen LogP) is 2.14. The van der Waals surface area contributed by atoms with Gasteiger partial charge in [-0.1, -0.05) is 6.07 Å². The van der Waals surface area contributed by atoms with E-state index in [-0.39, 0.29) is 5.75 Å². The molecular weight excluding hydrogens is 277 g/mol. The van der Waals surface area contributed by atoms with E-state index in [9.17, 15) is 4.39 Å². The second-order valence-corrected chi connectivity index (χ2v) is 4.85. The van der Waals surface area contributed by atoms with Crippen molar-refractivity contribution in [3.63, 3.8) is 0 Å². The summed E-state index contributed by atoms with van der Waals surface area (Å²) >= 11 is 3.14. The van der Waals surface area contributed by atoms with Crippen LogP contribution < -0.4 is 10.1 Å². The zero-order valence-corrected chi connectivity index (χ0v) is 10.0. The molecule has 2 aliphatic heterocycles. The summed E-state index contributed by atoms with van der Waals surface area (Å²) in [6, 6.07) is 3.47. The molecule has 1 saturated heterocycles. The van der Waals surface area contributed by atoms with Crippen LogP contribution in [0.25, 0.3) is 0 Å². The summed E-state index contributed by atoms with van der Waals surface area (Å²) in [7, 11) is 0. The molecule has 1 N–H and O–H groups in total. The maximum Gasteiger partial charge on any atom is 0.179 e. The lowest BCUT2D eigenvalue weighted by Gasteiger charge is -2.34. The van der Waals surface area contributed by atoms with Gasteiger partial charge in [0.05, 0.1) is 31.3 Å². The van der Waals surface area contributed by atoms with Crippen LogP contribution >= 0.6 is 15.9 Å². The Labute approximate surface area is 102 Å². The molecule has 16 heavy (non-hydrogen) atoms. The van der Waals surface area contributed by atoms with Gasteiger partial charge in [0.1, 0.15) is 0 Å². The van der Waals surface area contributed by atoms with Crippen molar-refractivity contribution in [1.82, 2.24) is 5.32 Å². The van der Waals surface area contributed by atoms with Crippen LogP contribution in [0.4, 0.5) is 4.39 Å². The third-order valence-electron chi connectivity index (χ3n) is 3.09. The summed E-state index contributed by atoms with van der Waals surface area (Å²) in [6.07, 6.45) is 0.677. The summed E-state index contributed by atoms with van der Waals surface area (Å²) in [5.74, 6) is -0.132. The first-order valence-corrected chi connectivity index (χ1v) is 5.84. The minimum atomic E-state index is -0.757. The van der Waals surface area contributed by atoms with Gasteiger partial charge >= 0.3 is 0 Å². The molecule has 0 aromatic heterocycles. The lowest BCUT2D eigenvalue weighted by Crippen LogP contribution is -2.43. The Bertz CT molecular complexity index is 473. The fourth-order valence-electron chi connectivity index (χ4n) is 2.19. The average molecular weight is 289 g/mol. The van der Waals surface area contributed by atoms with Crippen molar-refractivity contribution in [3.8, 4) is 5.75 Å². The predicted molar refractivity (Wildman–Crippen MR) is 59.8 cm³/mol. The van der Waals surface area contributed by atoms with Crippen LogP contribution in [0.1, 0.15) is 13.4 Å². The van der Waals surface area contributed by atoms with E-state index in [1.54, 1.807) is 6.07 Å². The van der Waals surface area contributed by atoms with Crippen molar-refractivity contribution in [1.29, 1.82) is 0 Å². The van der Waals surface area contributed by atoms with Crippen LogP contribution in [0, 0.1) is 5.82 Å². The van der Waals surface area contributed by atoms with Gasteiger partial charge in [0, 0.05) is 12.0 Å². The Morgan fingerprint density at radius 1 is 1.56 bits per heavy atom. The molecule has 1 aromatic carbocycles. The number of halogens is 2. The summed E-state index contributed by atoms with van der Waals surface area (Å²) in [5.41, 5.74) is 0.251.